The fraction of sp³-hybridized carbons (Fsp3) is 0. The fourth-order valence-electron chi connectivity index (χ4n) is 7.92. The highest BCUT2D eigenvalue weighted by Crippen LogP contribution is 2.44. The Morgan fingerprint density at radius 1 is 0.417 bits per heavy atom. The first-order valence-corrected chi connectivity index (χ1v) is 16.3. The van der Waals surface area contributed by atoms with E-state index in [0.29, 0.717) is 5.56 Å². The molecule has 0 aliphatic rings. The van der Waals surface area contributed by atoms with Crippen LogP contribution in [0.1, 0.15) is 5.56 Å². The maximum Gasteiger partial charge on any atom is 0.0991 e. The summed E-state index contributed by atoms with van der Waals surface area (Å²) in [6, 6.07) is 60.8. The molecule has 0 saturated carbocycles. The molecule has 0 amide bonds. The zero-order valence-corrected chi connectivity index (χ0v) is 25.9. The van der Waals surface area contributed by atoms with Crippen LogP contribution in [0.5, 0.6) is 0 Å². The second-order valence-electron chi connectivity index (χ2n) is 12.4. The van der Waals surface area contributed by atoms with Gasteiger partial charge in [0.05, 0.1) is 39.4 Å². The van der Waals surface area contributed by atoms with Crippen LogP contribution in [0.4, 0.5) is 0 Å². The molecule has 0 aliphatic carbocycles. The number of rotatable bonds is 3. The predicted molar refractivity (Wildman–Crippen MR) is 200 cm³/mol. The van der Waals surface area contributed by atoms with Gasteiger partial charge in [-0.2, -0.15) is 5.26 Å². The van der Waals surface area contributed by atoms with Crippen molar-refractivity contribution in [3.63, 3.8) is 0 Å². The highest BCUT2D eigenvalue weighted by atomic mass is 15.0. The highest BCUT2D eigenvalue weighted by molar-refractivity contribution is 6.22. The molecule has 0 radical (unpaired) electrons. The van der Waals surface area contributed by atoms with E-state index in [1.807, 2.05) is 12.1 Å². The Bertz CT molecular complexity index is 2950. The number of hydrogen-bond acceptors (Lipinski definition) is 1. The number of nitriles is 1. The normalized spacial score (nSPS) is 11.7. The summed E-state index contributed by atoms with van der Waals surface area (Å²) in [5.74, 6) is 0. The van der Waals surface area contributed by atoms with E-state index < -0.39 is 0 Å². The van der Waals surface area contributed by atoms with Crippen LogP contribution in [-0.2, 0) is 0 Å². The Labute approximate surface area is 276 Å². The first-order valence-electron chi connectivity index (χ1n) is 16.3. The average molecular weight is 610 g/mol. The SMILES string of the molecule is N#Cc1ccc2cc(-n3c4ccccc4c4c(-c5cccc6c7ccccc7n(-c7ccccc7)c56)cccc43)c3ccccc3c2c1. The van der Waals surface area contributed by atoms with Gasteiger partial charge in [-0.25, -0.2) is 0 Å². The minimum Gasteiger partial charge on any atom is -0.309 e. The van der Waals surface area contributed by atoms with Gasteiger partial charge < -0.3 is 9.13 Å². The van der Waals surface area contributed by atoms with Crippen LogP contribution in [0.15, 0.2) is 164 Å². The molecule has 0 saturated heterocycles. The Hall–Kier alpha value is -6.63. The fourth-order valence-corrected chi connectivity index (χ4v) is 7.92. The summed E-state index contributed by atoms with van der Waals surface area (Å²) in [4.78, 5) is 0. The van der Waals surface area contributed by atoms with Gasteiger partial charge in [0.15, 0.2) is 0 Å². The topological polar surface area (TPSA) is 33.6 Å². The lowest BCUT2D eigenvalue weighted by Gasteiger charge is -2.15. The molecule has 2 aromatic heterocycles. The van der Waals surface area contributed by atoms with E-state index in [4.69, 9.17) is 0 Å². The standard InChI is InChI=1S/C45H27N3/c46-28-29-24-25-30-27-43(33-15-5-4-14-32(33)39(30)26-29)48-41-22-9-7-17-38(41)44-35(18-11-23-42(44)48)37-20-10-19-36-34-16-6-8-21-40(34)47(45(36)37)31-12-2-1-3-13-31/h1-27H. The Morgan fingerprint density at radius 3 is 1.85 bits per heavy atom. The van der Waals surface area contributed by atoms with Crippen molar-refractivity contribution in [3.05, 3.63) is 169 Å². The quantitative estimate of drug-likeness (QED) is 0.183. The van der Waals surface area contributed by atoms with E-state index in [0.717, 1.165) is 44.0 Å². The molecule has 48 heavy (non-hydrogen) atoms. The average Bonchev–Trinajstić information content (AvgIpc) is 3.68. The molecular weight excluding hydrogens is 583 g/mol. The first-order chi connectivity index (χ1) is 23.8. The lowest BCUT2D eigenvalue weighted by Crippen LogP contribution is -1.97. The molecule has 2 heterocycles. The van der Waals surface area contributed by atoms with E-state index in [1.54, 1.807) is 0 Å². The van der Waals surface area contributed by atoms with Gasteiger partial charge >= 0.3 is 0 Å². The molecule has 0 N–H and O–H groups in total. The molecule has 3 nitrogen and oxygen atoms in total. The summed E-state index contributed by atoms with van der Waals surface area (Å²) in [6.45, 7) is 0. The van der Waals surface area contributed by atoms with Crippen molar-refractivity contribution >= 4 is 65.2 Å². The van der Waals surface area contributed by atoms with Gasteiger partial charge in [-0.15, -0.1) is 0 Å². The molecule has 0 spiro atoms. The van der Waals surface area contributed by atoms with Gasteiger partial charge in [-0.05, 0) is 70.3 Å². The van der Waals surface area contributed by atoms with E-state index in [-0.39, 0.29) is 0 Å². The van der Waals surface area contributed by atoms with Crippen LogP contribution in [0.3, 0.4) is 0 Å². The first kappa shape index (κ1) is 26.6. The van der Waals surface area contributed by atoms with Gasteiger partial charge in [-0.3, -0.25) is 0 Å². The number of para-hydroxylation sites is 4. The molecule has 3 heteroatoms. The Balaban J connectivity index is 1.35. The largest absolute Gasteiger partial charge is 0.309 e. The van der Waals surface area contributed by atoms with E-state index >= 15 is 0 Å². The minimum absolute atomic E-state index is 0.670. The van der Waals surface area contributed by atoms with Crippen molar-refractivity contribution < 1.29 is 0 Å². The van der Waals surface area contributed by atoms with Crippen LogP contribution in [0.2, 0.25) is 0 Å². The summed E-state index contributed by atoms with van der Waals surface area (Å²) in [5.41, 5.74) is 10.1. The molecule has 0 unspecified atom stereocenters. The monoisotopic (exact) mass is 609 g/mol. The minimum atomic E-state index is 0.670. The van der Waals surface area contributed by atoms with Gasteiger partial charge in [-0.1, -0.05) is 115 Å². The van der Waals surface area contributed by atoms with Gasteiger partial charge in [0.2, 0.25) is 0 Å². The second-order valence-corrected chi connectivity index (χ2v) is 12.4. The molecule has 0 bridgehead atoms. The number of benzene rings is 8. The number of aromatic nitrogens is 2. The van der Waals surface area contributed by atoms with Crippen molar-refractivity contribution in [3.8, 4) is 28.6 Å². The second kappa shape index (κ2) is 10.2. The number of fused-ring (bicyclic) bond motifs is 9. The molecule has 10 rings (SSSR count). The van der Waals surface area contributed by atoms with Crippen LogP contribution >= 0.6 is 0 Å². The summed E-state index contributed by atoms with van der Waals surface area (Å²) in [7, 11) is 0. The van der Waals surface area contributed by atoms with Crippen LogP contribution in [0, 0.1) is 11.3 Å². The zero-order valence-electron chi connectivity index (χ0n) is 25.9. The molecular formula is C45H27N3. The van der Waals surface area contributed by atoms with Gasteiger partial charge in [0.25, 0.3) is 0 Å². The highest BCUT2D eigenvalue weighted by Gasteiger charge is 2.21. The van der Waals surface area contributed by atoms with Crippen molar-refractivity contribution in [2.75, 3.05) is 0 Å². The van der Waals surface area contributed by atoms with Gasteiger partial charge in [0, 0.05) is 38.2 Å². The number of hydrogen-bond donors (Lipinski definition) is 0. The van der Waals surface area contributed by atoms with E-state index in [9.17, 15) is 5.26 Å². The van der Waals surface area contributed by atoms with Crippen molar-refractivity contribution in [1.29, 1.82) is 5.26 Å². The molecule has 8 aromatic carbocycles. The maximum atomic E-state index is 9.66. The Morgan fingerprint density at radius 2 is 1.04 bits per heavy atom. The summed E-state index contributed by atoms with van der Waals surface area (Å²) >= 11 is 0. The van der Waals surface area contributed by atoms with Gasteiger partial charge in [0.1, 0.15) is 0 Å². The van der Waals surface area contributed by atoms with Crippen LogP contribution in [-0.4, -0.2) is 9.13 Å². The molecule has 0 atom stereocenters. The Kier molecular flexibility index (Phi) is 5.64. The summed E-state index contributed by atoms with van der Waals surface area (Å²) < 4.78 is 4.85. The van der Waals surface area contributed by atoms with Crippen LogP contribution in [0.25, 0.3) is 87.7 Å². The number of nitrogens with zero attached hydrogens (tertiary/aromatic N) is 3. The summed E-state index contributed by atoms with van der Waals surface area (Å²) in [6.07, 6.45) is 0. The predicted octanol–water partition coefficient (Wildman–Crippen LogP) is 11.7. The van der Waals surface area contributed by atoms with E-state index in [1.165, 1.54) is 43.7 Å². The van der Waals surface area contributed by atoms with Crippen molar-refractivity contribution in [2.45, 2.75) is 0 Å². The molecule has 10 aromatic rings. The third-order valence-electron chi connectivity index (χ3n) is 9.91. The molecule has 0 aliphatic heterocycles. The lowest BCUT2D eigenvalue weighted by atomic mass is 9.97. The zero-order chi connectivity index (χ0) is 31.8. The van der Waals surface area contributed by atoms with Crippen molar-refractivity contribution in [2.24, 2.45) is 0 Å². The van der Waals surface area contributed by atoms with E-state index in [2.05, 4.69) is 167 Å². The molecule has 222 valence electrons. The molecule has 0 fully saturated rings. The maximum absolute atomic E-state index is 9.66. The lowest BCUT2D eigenvalue weighted by molar-refractivity contribution is 1.18. The third kappa shape index (κ3) is 3.69. The van der Waals surface area contributed by atoms with Crippen molar-refractivity contribution in [1.82, 2.24) is 9.13 Å². The summed E-state index contributed by atoms with van der Waals surface area (Å²) in [5, 5.41) is 19.1. The third-order valence-corrected chi connectivity index (χ3v) is 9.91. The van der Waals surface area contributed by atoms with Crippen LogP contribution < -0.4 is 0 Å². The smallest absolute Gasteiger partial charge is 0.0991 e.